The van der Waals surface area contributed by atoms with Crippen molar-refractivity contribution in [3.63, 3.8) is 0 Å². The van der Waals surface area contributed by atoms with Crippen LogP contribution in [-0.4, -0.2) is 31.1 Å². The SMILES string of the molecule is C=CN1CC2C(=C[C@H](C)CN2C)c2cccc(C)c21.CC.CC. The van der Waals surface area contributed by atoms with Crippen LogP contribution < -0.4 is 4.90 Å². The normalized spacial score (nSPS) is 22.4. The van der Waals surface area contributed by atoms with E-state index in [2.05, 4.69) is 61.5 Å². The van der Waals surface area contributed by atoms with Gasteiger partial charge in [-0.1, -0.05) is 65.5 Å². The number of rotatable bonds is 1. The molecule has 2 nitrogen and oxygen atoms in total. The van der Waals surface area contributed by atoms with Gasteiger partial charge in [-0.3, -0.25) is 4.90 Å². The Hall–Kier alpha value is -1.54. The van der Waals surface area contributed by atoms with E-state index in [4.69, 9.17) is 0 Å². The fourth-order valence-electron chi connectivity index (χ4n) is 3.51. The number of aryl methyl sites for hydroxylation is 1. The molecule has 0 fully saturated rings. The molecule has 2 heteroatoms. The average Bonchev–Trinajstić information content (AvgIpc) is 2.58. The molecule has 128 valence electrons. The Morgan fingerprint density at radius 3 is 2.39 bits per heavy atom. The molecule has 1 unspecified atom stereocenters. The second-order valence-electron chi connectivity index (χ2n) is 5.86. The first-order valence-corrected chi connectivity index (χ1v) is 9.03. The van der Waals surface area contributed by atoms with Gasteiger partial charge in [-0.15, -0.1) is 0 Å². The van der Waals surface area contributed by atoms with E-state index >= 15 is 0 Å². The molecule has 2 heterocycles. The van der Waals surface area contributed by atoms with Gasteiger partial charge in [-0.2, -0.15) is 0 Å². The Morgan fingerprint density at radius 1 is 1.13 bits per heavy atom. The van der Waals surface area contributed by atoms with Crippen molar-refractivity contribution in [2.24, 2.45) is 5.92 Å². The van der Waals surface area contributed by atoms with Crippen LogP contribution in [0.25, 0.3) is 5.57 Å². The first-order valence-electron chi connectivity index (χ1n) is 9.03. The van der Waals surface area contributed by atoms with E-state index in [0.29, 0.717) is 12.0 Å². The van der Waals surface area contributed by atoms with Crippen molar-refractivity contribution in [1.82, 2.24) is 4.90 Å². The lowest BCUT2D eigenvalue weighted by Crippen LogP contribution is -2.48. The summed E-state index contributed by atoms with van der Waals surface area (Å²) in [5.74, 6) is 0.625. The molecule has 3 rings (SSSR count). The van der Waals surface area contributed by atoms with Gasteiger partial charge in [-0.25, -0.2) is 0 Å². The van der Waals surface area contributed by atoms with Gasteiger partial charge in [0.2, 0.25) is 0 Å². The van der Waals surface area contributed by atoms with Crippen molar-refractivity contribution < 1.29 is 0 Å². The highest BCUT2D eigenvalue weighted by Gasteiger charge is 2.34. The predicted molar refractivity (Wildman–Crippen MR) is 105 cm³/mol. The summed E-state index contributed by atoms with van der Waals surface area (Å²) in [5, 5.41) is 0. The summed E-state index contributed by atoms with van der Waals surface area (Å²) < 4.78 is 0. The Morgan fingerprint density at radius 2 is 1.78 bits per heavy atom. The molecule has 0 bridgehead atoms. The van der Waals surface area contributed by atoms with Crippen LogP contribution in [0.5, 0.6) is 0 Å². The Labute approximate surface area is 143 Å². The number of fused-ring (bicyclic) bond motifs is 3. The van der Waals surface area contributed by atoms with Crippen molar-refractivity contribution >= 4 is 11.3 Å². The molecule has 0 radical (unpaired) electrons. The van der Waals surface area contributed by atoms with Crippen LogP contribution >= 0.6 is 0 Å². The molecule has 0 amide bonds. The standard InChI is InChI=1S/C17H22N2.2C2H6/c1-5-19-11-16-15(9-12(2)10-18(16)4)14-8-6-7-13(3)17(14)19;2*1-2/h5-9,12,16H,1,10-11H2,2-4H3;2*1-2H3/t12-,16?;;/m0../s1. The second kappa shape index (κ2) is 8.93. The number of likely N-dealkylation sites (N-methyl/N-ethyl adjacent to an activating group) is 1. The van der Waals surface area contributed by atoms with Crippen molar-refractivity contribution in [2.75, 3.05) is 25.0 Å². The smallest absolute Gasteiger partial charge is 0.0528 e. The maximum absolute atomic E-state index is 3.99. The summed E-state index contributed by atoms with van der Waals surface area (Å²) in [7, 11) is 2.23. The third kappa shape index (κ3) is 3.87. The molecule has 0 saturated carbocycles. The third-order valence-corrected chi connectivity index (χ3v) is 4.36. The van der Waals surface area contributed by atoms with Crippen LogP contribution in [0.15, 0.2) is 37.1 Å². The van der Waals surface area contributed by atoms with Gasteiger partial charge in [0.1, 0.15) is 0 Å². The Kier molecular flexibility index (Phi) is 7.57. The van der Waals surface area contributed by atoms with Crippen LogP contribution in [0, 0.1) is 12.8 Å². The molecule has 0 aliphatic carbocycles. The lowest BCUT2D eigenvalue weighted by atomic mass is 9.84. The van der Waals surface area contributed by atoms with Gasteiger partial charge < -0.3 is 4.90 Å². The van der Waals surface area contributed by atoms with Gasteiger partial charge in [0.05, 0.1) is 11.7 Å². The molecule has 0 aromatic heterocycles. The Balaban J connectivity index is 0.000000615. The molecule has 2 atom stereocenters. The van der Waals surface area contributed by atoms with E-state index in [-0.39, 0.29) is 0 Å². The van der Waals surface area contributed by atoms with E-state index in [1.807, 2.05) is 33.9 Å². The minimum absolute atomic E-state index is 0.489. The maximum Gasteiger partial charge on any atom is 0.0528 e. The lowest BCUT2D eigenvalue weighted by molar-refractivity contribution is 0.255. The van der Waals surface area contributed by atoms with Gasteiger partial charge in [-0.05, 0) is 37.2 Å². The molecule has 0 saturated heterocycles. The number of hydrogen-bond donors (Lipinski definition) is 0. The van der Waals surface area contributed by atoms with Crippen LogP contribution in [0.3, 0.4) is 0 Å². The van der Waals surface area contributed by atoms with E-state index in [1.165, 1.54) is 22.4 Å². The van der Waals surface area contributed by atoms with E-state index in [0.717, 1.165) is 13.1 Å². The highest BCUT2D eigenvalue weighted by molar-refractivity contribution is 5.85. The topological polar surface area (TPSA) is 6.48 Å². The third-order valence-electron chi connectivity index (χ3n) is 4.36. The molecule has 0 spiro atoms. The zero-order chi connectivity index (χ0) is 17.6. The highest BCUT2D eigenvalue weighted by atomic mass is 15.2. The molecule has 0 N–H and O–H groups in total. The fraction of sp³-hybridized carbons (Fsp3) is 0.524. The van der Waals surface area contributed by atoms with Crippen molar-refractivity contribution in [2.45, 2.75) is 47.6 Å². The first-order chi connectivity index (χ1) is 11.1. The molecule has 1 aromatic rings. The summed E-state index contributed by atoms with van der Waals surface area (Å²) in [4.78, 5) is 4.78. The summed E-state index contributed by atoms with van der Waals surface area (Å²) >= 11 is 0. The van der Waals surface area contributed by atoms with Gasteiger partial charge in [0.25, 0.3) is 0 Å². The van der Waals surface area contributed by atoms with Crippen molar-refractivity contribution in [3.05, 3.63) is 48.2 Å². The minimum Gasteiger partial charge on any atom is -0.346 e. The minimum atomic E-state index is 0.489. The second-order valence-corrected chi connectivity index (χ2v) is 5.86. The molecule has 23 heavy (non-hydrogen) atoms. The number of nitrogens with zero attached hydrogens (tertiary/aromatic N) is 2. The molecule has 1 aromatic carbocycles. The number of para-hydroxylation sites is 1. The number of anilines is 1. The van der Waals surface area contributed by atoms with Crippen molar-refractivity contribution in [1.29, 1.82) is 0 Å². The quantitative estimate of drug-likeness (QED) is 0.690. The molecular weight excluding hydrogens is 280 g/mol. The number of hydrogen-bond acceptors (Lipinski definition) is 2. The van der Waals surface area contributed by atoms with Crippen molar-refractivity contribution in [3.8, 4) is 0 Å². The van der Waals surface area contributed by atoms with E-state index in [1.54, 1.807) is 0 Å². The maximum atomic E-state index is 3.99. The van der Waals surface area contributed by atoms with E-state index in [9.17, 15) is 0 Å². The first kappa shape index (κ1) is 19.5. The van der Waals surface area contributed by atoms with Gasteiger partial charge in [0.15, 0.2) is 0 Å². The zero-order valence-corrected chi connectivity index (χ0v) is 16.1. The summed E-state index contributed by atoms with van der Waals surface area (Å²) in [5.41, 5.74) is 5.55. The van der Waals surface area contributed by atoms with Crippen LogP contribution in [0.4, 0.5) is 5.69 Å². The van der Waals surface area contributed by atoms with Gasteiger partial charge in [0, 0.05) is 18.7 Å². The van der Waals surface area contributed by atoms with Crippen LogP contribution in [-0.2, 0) is 0 Å². The molecular formula is C21H34N2. The molecule has 2 aliphatic rings. The largest absolute Gasteiger partial charge is 0.346 e. The average molecular weight is 315 g/mol. The predicted octanol–water partition coefficient (Wildman–Crippen LogP) is 5.34. The summed E-state index contributed by atoms with van der Waals surface area (Å²) in [6.07, 6.45) is 4.43. The van der Waals surface area contributed by atoms with Crippen LogP contribution in [0.2, 0.25) is 0 Å². The summed E-state index contributed by atoms with van der Waals surface area (Å²) in [6.45, 7) is 18.6. The van der Waals surface area contributed by atoms with Crippen LogP contribution in [0.1, 0.15) is 45.7 Å². The summed E-state index contributed by atoms with van der Waals surface area (Å²) in [6, 6.07) is 7.09. The van der Waals surface area contributed by atoms with Gasteiger partial charge >= 0.3 is 0 Å². The highest BCUT2D eigenvalue weighted by Crippen LogP contribution is 2.41. The lowest BCUT2D eigenvalue weighted by Gasteiger charge is -2.44. The zero-order valence-electron chi connectivity index (χ0n) is 16.1. The molecule has 2 aliphatic heterocycles. The monoisotopic (exact) mass is 314 g/mol. The fourth-order valence-corrected chi connectivity index (χ4v) is 3.51. The Bertz CT molecular complexity index is 545. The van der Waals surface area contributed by atoms with E-state index < -0.39 is 0 Å². The number of benzene rings is 1.